The van der Waals surface area contributed by atoms with Crippen molar-refractivity contribution in [2.24, 2.45) is 0 Å². The van der Waals surface area contributed by atoms with Crippen molar-refractivity contribution >= 4 is 80.4 Å². The van der Waals surface area contributed by atoms with Crippen molar-refractivity contribution in [1.82, 2.24) is 20.6 Å². The van der Waals surface area contributed by atoms with Gasteiger partial charge in [0.05, 0.1) is 11.1 Å². The second-order valence-electron chi connectivity index (χ2n) is 11.2. The molecular formula is C40H36BBrCl3N9O2. The topological polar surface area (TPSA) is 221 Å². The fourth-order valence-corrected chi connectivity index (χ4v) is 5.32. The number of aromatic amines is 1. The second kappa shape index (κ2) is 21.9. The summed E-state index contributed by atoms with van der Waals surface area (Å²) in [7, 11) is -1.41. The Hall–Kier alpha value is -5.90. The number of rotatable bonds is 4. The van der Waals surface area contributed by atoms with E-state index in [0.717, 1.165) is 32.3 Å². The maximum Gasteiger partial charge on any atom is 0.488 e. The molecule has 0 bridgehead atoms. The Morgan fingerprint density at radius 3 is 1.48 bits per heavy atom. The second-order valence-corrected chi connectivity index (χ2v) is 13.5. The van der Waals surface area contributed by atoms with E-state index in [4.69, 9.17) is 72.6 Å². The molecule has 0 radical (unpaired) electrons. The van der Waals surface area contributed by atoms with Crippen molar-refractivity contribution in [3.05, 3.63) is 158 Å². The van der Waals surface area contributed by atoms with Crippen LogP contribution in [0.2, 0.25) is 15.1 Å². The number of tetrazole rings is 1. The third-order valence-electron chi connectivity index (χ3n) is 7.47. The molecule has 6 aromatic carbocycles. The summed E-state index contributed by atoms with van der Waals surface area (Å²) in [6, 6.07) is 41.8. The maximum atomic E-state index is 8.88. The number of H-pyrrole nitrogens is 1. The van der Waals surface area contributed by atoms with Crippen LogP contribution in [0.15, 0.2) is 132 Å². The highest BCUT2D eigenvalue weighted by atomic mass is 79.9. The van der Waals surface area contributed by atoms with Gasteiger partial charge < -0.3 is 27.2 Å². The van der Waals surface area contributed by atoms with Crippen LogP contribution in [0.5, 0.6) is 0 Å². The highest BCUT2D eigenvalue weighted by molar-refractivity contribution is 9.10. The quantitative estimate of drug-likeness (QED) is 0.0728. The lowest BCUT2D eigenvalue weighted by molar-refractivity contribution is 0.426. The lowest BCUT2D eigenvalue weighted by atomic mass is 9.81. The summed E-state index contributed by atoms with van der Waals surface area (Å²) < 4.78 is 0.873. The van der Waals surface area contributed by atoms with Crippen LogP contribution in [0.3, 0.4) is 0 Å². The summed E-state index contributed by atoms with van der Waals surface area (Å²) in [5, 5.41) is 50.5. The van der Waals surface area contributed by atoms with Crippen LogP contribution in [0.4, 0.5) is 17.1 Å². The van der Waals surface area contributed by atoms with E-state index >= 15 is 0 Å². The number of nitrogens with one attached hydrogen (secondary N) is 1. The molecule has 0 unspecified atom stereocenters. The lowest BCUT2D eigenvalue weighted by Crippen LogP contribution is -2.29. The summed E-state index contributed by atoms with van der Waals surface area (Å²) in [4.78, 5) is 0. The van der Waals surface area contributed by atoms with Crippen LogP contribution < -0.4 is 22.7 Å². The molecule has 0 amide bonds. The monoisotopic (exact) mass is 870 g/mol. The number of aromatic nitrogens is 4. The molecule has 0 atom stereocenters. The van der Waals surface area contributed by atoms with Crippen molar-refractivity contribution in [2.75, 3.05) is 17.2 Å². The molecule has 0 saturated heterocycles. The molecule has 0 saturated carbocycles. The number of anilines is 3. The first-order chi connectivity index (χ1) is 26.4. The molecule has 56 heavy (non-hydrogen) atoms. The van der Waals surface area contributed by atoms with Crippen LogP contribution in [0.1, 0.15) is 20.0 Å². The Morgan fingerprint density at radius 2 is 1.04 bits per heavy atom. The molecule has 0 spiro atoms. The van der Waals surface area contributed by atoms with E-state index in [1.165, 1.54) is 0 Å². The smallest absolute Gasteiger partial charge is 0.423 e. The van der Waals surface area contributed by atoms with Gasteiger partial charge in [0.2, 0.25) is 5.82 Å². The Labute approximate surface area is 349 Å². The van der Waals surface area contributed by atoms with Crippen LogP contribution in [-0.4, -0.2) is 37.8 Å². The lowest BCUT2D eigenvalue weighted by Gasteiger charge is -2.06. The third-order valence-corrected chi connectivity index (χ3v) is 8.72. The zero-order chi connectivity index (χ0) is 39.9. The standard InChI is InChI=1S/C13H10ClN5.C13H9ClN2.C7H5BrN2.C6H6BClO2.CH4.H2/c14-10-4-1-8(2-5-10)9-3-6-12(15)11(7-9)13-16-18-19-17-13;14-12-4-1-9(2-5-12)10-3-6-13(16)11(7-10)8-15;8-6-1-2-7(10)5(3-6)4-9;8-6-3-1-5(2-4-6)7(9)10;;/h1-7H,15H2,(H,16,17,18,19);1-7H,16H2;1-3H,10H2;1-4,9-10H;1H4;1H/i;;;;;1+1. The van der Waals surface area contributed by atoms with Gasteiger partial charge in [-0.25, -0.2) is 0 Å². The molecule has 7 rings (SSSR count). The predicted molar refractivity (Wildman–Crippen MR) is 234 cm³/mol. The number of halogens is 4. The number of benzene rings is 6. The summed E-state index contributed by atoms with van der Waals surface area (Å²) in [5.41, 5.74) is 24.9. The Kier molecular flexibility index (Phi) is 17.4. The normalized spacial score (nSPS) is 9.64. The number of hydrogen-bond acceptors (Lipinski definition) is 10. The van der Waals surface area contributed by atoms with E-state index in [1.807, 2.05) is 78.9 Å². The van der Waals surface area contributed by atoms with Crippen LogP contribution >= 0.6 is 50.7 Å². The summed E-state index contributed by atoms with van der Waals surface area (Å²) in [6.07, 6.45) is 0. The van der Waals surface area contributed by atoms with E-state index in [0.29, 0.717) is 54.5 Å². The summed E-state index contributed by atoms with van der Waals surface area (Å²) in [6.45, 7) is 0. The van der Waals surface area contributed by atoms with Gasteiger partial charge >= 0.3 is 7.12 Å². The maximum absolute atomic E-state index is 8.88. The van der Waals surface area contributed by atoms with Crippen molar-refractivity contribution in [2.45, 2.75) is 7.43 Å². The number of nitrogens with zero attached hydrogens (tertiary/aromatic N) is 5. The van der Waals surface area contributed by atoms with Gasteiger partial charge in [-0.1, -0.05) is 107 Å². The van der Waals surface area contributed by atoms with E-state index < -0.39 is 7.12 Å². The van der Waals surface area contributed by atoms with Gasteiger partial charge in [-0.2, -0.15) is 15.7 Å². The highest BCUT2D eigenvalue weighted by Gasteiger charge is 2.10. The van der Waals surface area contributed by atoms with Crippen LogP contribution in [0, 0.1) is 22.7 Å². The number of nitrogen functional groups attached to an aromatic ring is 3. The zero-order valence-corrected chi connectivity index (χ0v) is 32.4. The molecule has 7 aromatic rings. The molecular weight excluding hydrogens is 836 g/mol. The molecule has 284 valence electrons. The summed E-state index contributed by atoms with van der Waals surface area (Å²) in [5.74, 6) is 0.480. The predicted octanol–water partition coefficient (Wildman–Crippen LogP) is 9.04. The third kappa shape index (κ3) is 13.1. The van der Waals surface area contributed by atoms with Crippen molar-refractivity contribution in [3.63, 3.8) is 0 Å². The van der Waals surface area contributed by atoms with Gasteiger partial charge in [-0.05, 0) is 112 Å². The van der Waals surface area contributed by atoms with Gasteiger partial charge in [0, 0.05) is 43.6 Å². The first kappa shape index (κ1) is 44.5. The van der Waals surface area contributed by atoms with E-state index in [1.54, 1.807) is 54.6 Å². The van der Waals surface area contributed by atoms with Crippen molar-refractivity contribution in [3.8, 4) is 45.8 Å². The van der Waals surface area contributed by atoms with Gasteiger partial charge in [-0.3, -0.25) is 0 Å². The average Bonchev–Trinajstić information content (AvgIpc) is 3.73. The average molecular weight is 873 g/mol. The molecule has 0 aliphatic heterocycles. The SMILES string of the molecule is C.N#Cc1cc(-c2ccc(Cl)cc2)ccc1N.N#Cc1cc(Br)ccc1N.Nc1ccc(-c2ccc(Cl)cc2)cc1-c1nn[nH]n1.OB(O)c1ccc(Cl)cc1.[2HH]. The molecule has 9 N–H and O–H groups in total. The van der Waals surface area contributed by atoms with E-state index in [9.17, 15) is 0 Å². The van der Waals surface area contributed by atoms with Gasteiger partial charge in [-0.15, -0.1) is 10.2 Å². The fourth-order valence-electron chi connectivity index (χ4n) is 4.58. The Morgan fingerprint density at radius 1 is 0.607 bits per heavy atom. The van der Waals surface area contributed by atoms with Gasteiger partial charge in [0.25, 0.3) is 0 Å². The zero-order valence-electron chi connectivity index (χ0n) is 28.6. The van der Waals surface area contributed by atoms with E-state index in [-0.39, 0.29) is 8.85 Å². The van der Waals surface area contributed by atoms with Gasteiger partial charge in [0.1, 0.15) is 12.1 Å². The minimum atomic E-state index is -1.41. The molecule has 0 aliphatic carbocycles. The number of nitriles is 2. The fraction of sp³-hybridized carbons (Fsp3) is 0.0250. The summed E-state index contributed by atoms with van der Waals surface area (Å²) >= 11 is 20.5. The van der Waals surface area contributed by atoms with Gasteiger partial charge in [0.15, 0.2) is 0 Å². The van der Waals surface area contributed by atoms with Crippen LogP contribution in [0.25, 0.3) is 33.6 Å². The molecule has 16 heteroatoms. The van der Waals surface area contributed by atoms with Crippen molar-refractivity contribution < 1.29 is 11.5 Å². The van der Waals surface area contributed by atoms with E-state index in [2.05, 4.69) is 42.6 Å². The van der Waals surface area contributed by atoms with Crippen LogP contribution in [-0.2, 0) is 0 Å². The Bertz CT molecular complexity index is 2410. The first-order valence-electron chi connectivity index (χ1n) is 15.9. The largest absolute Gasteiger partial charge is 0.488 e. The number of hydrogen-bond donors (Lipinski definition) is 6. The molecule has 1 heterocycles. The minimum absolute atomic E-state index is 0. The minimum Gasteiger partial charge on any atom is -0.423 e. The van der Waals surface area contributed by atoms with Crippen molar-refractivity contribution in [1.29, 1.82) is 10.5 Å². The molecule has 0 aliphatic rings. The molecule has 0 fully saturated rings. The first-order valence-corrected chi connectivity index (χ1v) is 17.8. The Balaban J connectivity index is 0.000000269. The highest BCUT2D eigenvalue weighted by Crippen LogP contribution is 2.30. The molecule has 11 nitrogen and oxygen atoms in total. The number of nitrogens with two attached hydrogens (primary N) is 3. The molecule has 1 aromatic heterocycles.